The van der Waals surface area contributed by atoms with E-state index in [1.165, 1.54) is 6.07 Å². The van der Waals surface area contributed by atoms with E-state index < -0.39 is 21.0 Å². The van der Waals surface area contributed by atoms with Gasteiger partial charge in [-0.15, -0.1) is 0 Å². The van der Waals surface area contributed by atoms with Crippen LogP contribution in [0.2, 0.25) is 0 Å². The van der Waals surface area contributed by atoms with E-state index in [9.17, 15) is 15.1 Å². The molecule has 1 aromatic rings. The van der Waals surface area contributed by atoms with Gasteiger partial charge in [0.2, 0.25) is 0 Å². The van der Waals surface area contributed by atoms with Crippen LogP contribution in [0, 0.1) is 0 Å². The normalized spacial score (nSPS) is 18.1. The van der Waals surface area contributed by atoms with Crippen LogP contribution in [-0.2, 0) is 17.2 Å². The Morgan fingerprint density at radius 2 is 1.17 bits per heavy atom. The van der Waals surface area contributed by atoms with Gasteiger partial charge in [0.1, 0.15) is 0 Å². The van der Waals surface area contributed by atoms with Crippen molar-refractivity contribution in [1.29, 1.82) is 0 Å². The Hall–Kier alpha value is -0.390. The fourth-order valence-corrected chi connectivity index (χ4v) is 1.81. The van der Waals surface area contributed by atoms with Crippen molar-refractivity contribution in [1.82, 2.24) is 0 Å². The summed E-state index contributed by atoms with van der Waals surface area (Å²) >= 11 is -9.86. The predicted octanol–water partition coefficient (Wildman–Crippen LogP) is 2.96. The summed E-state index contributed by atoms with van der Waals surface area (Å²) in [5.41, 5.74) is 0. The summed E-state index contributed by atoms with van der Waals surface area (Å²) in [5.74, 6) is 0. The van der Waals surface area contributed by atoms with Crippen molar-refractivity contribution >= 4 is 3.78 Å². The van der Waals surface area contributed by atoms with Crippen molar-refractivity contribution in [2.75, 3.05) is 0 Å². The summed E-state index contributed by atoms with van der Waals surface area (Å²) in [5, 5.41) is 0. The van der Waals surface area contributed by atoms with Crippen LogP contribution >= 0.6 is 0 Å². The Labute approximate surface area is 66.9 Å². The molecule has 0 bridgehead atoms. The topological polar surface area (TPSA) is 0 Å². The molecule has 0 unspecified atom stereocenters. The molecule has 1 rings (SSSR count). The summed E-state index contributed by atoms with van der Waals surface area (Å²) in [7, 11) is 0. The molecule has 0 aliphatic carbocycles. The number of hydrogen-bond acceptors (Lipinski definition) is 0. The van der Waals surface area contributed by atoms with Gasteiger partial charge in [0, 0.05) is 0 Å². The third kappa shape index (κ3) is 2.30. The molecule has 0 spiro atoms. The zero-order chi connectivity index (χ0) is 9.52. The van der Waals surface area contributed by atoms with Gasteiger partial charge in [-0.2, -0.15) is 0 Å². The van der Waals surface area contributed by atoms with Gasteiger partial charge < -0.3 is 0 Å². The molecule has 1 aromatic carbocycles. The van der Waals surface area contributed by atoms with E-state index in [-0.39, 0.29) is 0 Å². The molecule has 0 saturated heterocycles. The Balaban J connectivity index is 3.36. The van der Waals surface area contributed by atoms with Crippen LogP contribution in [0.15, 0.2) is 30.3 Å². The summed E-state index contributed by atoms with van der Waals surface area (Å²) in [6.45, 7) is 0. The molecule has 0 aliphatic rings. The van der Waals surface area contributed by atoms with Crippen molar-refractivity contribution in [3.63, 3.8) is 0 Å². The van der Waals surface area contributed by atoms with Crippen molar-refractivity contribution in [3.8, 4) is 0 Å². The Bertz CT molecular complexity index is 285. The molecule has 0 aromatic heterocycles. The molecule has 0 saturated carbocycles. The van der Waals surface area contributed by atoms with E-state index in [0.29, 0.717) is 12.1 Å². The average Bonchev–Trinajstić information content (AvgIpc) is 1.85. The van der Waals surface area contributed by atoms with Gasteiger partial charge in [-0.05, 0) is 0 Å². The SMILES string of the molecule is [F][Ag]([F])([F])([F])([F])[c]1ccccc1. The third-order valence-electron chi connectivity index (χ3n) is 1.04. The molecular weight excluding hydrogens is 275 g/mol. The number of rotatable bonds is 1. The molecule has 0 nitrogen and oxygen atoms in total. The van der Waals surface area contributed by atoms with Crippen LogP contribution in [0.1, 0.15) is 0 Å². The fraction of sp³-hybridized carbons (Fsp3) is 0. The van der Waals surface area contributed by atoms with E-state index in [0.717, 1.165) is 12.1 Å². The van der Waals surface area contributed by atoms with Gasteiger partial charge >= 0.3 is 66.5 Å². The standard InChI is InChI=1S/C6H5.Ag.5FH/c1-2-4-6-5-3-1;;;;;;/h1-5H;;5*1H/q;+5;;;;;/p-5. The van der Waals surface area contributed by atoms with Crippen LogP contribution < -0.4 is 3.78 Å². The summed E-state index contributed by atoms with van der Waals surface area (Å²) in [4.78, 5) is 0. The predicted molar refractivity (Wildman–Crippen MR) is 31.6 cm³/mol. The zero-order valence-corrected chi connectivity index (χ0v) is 7.06. The summed E-state index contributed by atoms with van der Waals surface area (Å²) in [6, 6.07) is 3.87. The minimum atomic E-state index is -9.86. The van der Waals surface area contributed by atoms with Crippen molar-refractivity contribution < 1.29 is 32.4 Å². The fourth-order valence-electron chi connectivity index (χ4n) is 0.590. The Morgan fingerprint density at radius 1 is 0.750 bits per heavy atom. The number of hydrogen-bond donors (Lipinski definition) is 0. The molecule has 12 heavy (non-hydrogen) atoms. The molecule has 0 N–H and O–H groups in total. The molecule has 75 valence electrons. The molecule has 0 aliphatic heterocycles. The van der Waals surface area contributed by atoms with Crippen LogP contribution in [-0.4, -0.2) is 0 Å². The minimum absolute atomic E-state index is 0.379. The average molecular weight is 280 g/mol. The van der Waals surface area contributed by atoms with Crippen molar-refractivity contribution in [2.24, 2.45) is 0 Å². The van der Waals surface area contributed by atoms with E-state index in [2.05, 4.69) is 0 Å². The number of halogens is 5. The van der Waals surface area contributed by atoms with E-state index in [4.69, 9.17) is 0 Å². The second kappa shape index (κ2) is 1.92. The van der Waals surface area contributed by atoms with Crippen molar-refractivity contribution in [2.45, 2.75) is 0 Å². The summed E-state index contributed by atoms with van der Waals surface area (Å²) in [6.07, 6.45) is 0. The van der Waals surface area contributed by atoms with Crippen LogP contribution in [0.3, 0.4) is 0 Å². The Morgan fingerprint density at radius 3 is 1.42 bits per heavy atom. The molecule has 0 fully saturated rings. The third-order valence-corrected chi connectivity index (χ3v) is 3.15. The van der Waals surface area contributed by atoms with E-state index in [1.54, 1.807) is 0 Å². The molecular formula is C6H5AgF5. The maximum absolute atomic E-state index is 12.0. The number of benzene rings is 1. The van der Waals surface area contributed by atoms with E-state index >= 15 is 0 Å². The van der Waals surface area contributed by atoms with Crippen molar-refractivity contribution in [3.05, 3.63) is 30.3 Å². The first-order valence-corrected chi connectivity index (χ1v) is 6.17. The second-order valence-corrected chi connectivity index (χ2v) is 6.34. The van der Waals surface area contributed by atoms with Crippen LogP contribution in [0.5, 0.6) is 0 Å². The summed E-state index contributed by atoms with van der Waals surface area (Å²) < 4.78 is 58.1. The van der Waals surface area contributed by atoms with Crippen LogP contribution in [0.4, 0.5) is 15.1 Å². The van der Waals surface area contributed by atoms with Gasteiger partial charge in [0.05, 0.1) is 0 Å². The first-order chi connectivity index (χ1) is 5.09. The molecule has 6 heteroatoms. The van der Waals surface area contributed by atoms with Gasteiger partial charge in [0.15, 0.2) is 0 Å². The molecule has 0 amide bonds. The molecule has 0 radical (unpaired) electrons. The maximum atomic E-state index is 12.0. The van der Waals surface area contributed by atoms with Gasteiger partial charge in [-0.25, -0.2) is 0 Å². The monoisotopic (exact) mass is 279 g/mol. The first kappa shape index (κ1) is 9.70. The van der Waals surface area contributed by atoms with Gasteiger partial charge in [-0.3, -0.25) is 0 Å². The molecule has 0 heterocycles. The van der Waals surface area contributed by atoms with E-state index in [1.807, 2.05) is 0 Å². The van der Waals surface area contributed by atoms with Gasteiger partial charge in [0.25, 0.3) is 0 Å². The first-order valence-electron chi connectivity index (χ1n) is 2.63. The quantitative estimate of drug-likeness (QED) is 0.548. The molecule has 0 atom stereocenters. The Kier molecular flexibility index (Phi) is 1.55. The second-order valence-electron chi connectivity index (χ2n) is 1.97. The van der Waals surface area contributed by atoms with Crippen LogP contribution in [0.25, 0.3) is 0 Å². The zero-order valence-electron chi connectivity index (χ0n) is 5.58. The van der Waals surface area contributed by atoms with Gasteiger partial charge in [-0.1, -0.05) is 0 Å².